The minimum atomic E-state index is -0.551. The van der Waals surface area contributed by atoms with E-state index in [1.54, 1.807) is 24.0 Å². The Balaban J connectivity index is 1.13. The highest BCUT2D eigenvalue weighted by Gasteiger charge is 2.30. The first-order valence-corrected chi connectivity index (χ1v) is 19.1. The van der Waals surface area contributed by atoms with Crippen molar-refractivity contribution in [1.29, 1.82) is 0 Å². The fourth-order valence-electron chi connectivity index (χ4n) is 6.37. The zero-order chi connectivity index (χ0) is 41.6. The van der Waals surface area contributed by atoms with Crippen molar-refractivity contribution in [1.82, 2.24) is 19.6 Å². The highest BCUT2D eigenvalue weighted by molar-refractivity contribution is 5.92. The highest BCUT2D eigenvalue weighted by atomic mass is 16.6. The van der Waals surface area contributed by atoms with Crippen molar-refractivity contribution >= 4 is 35.4 Å². The van der Waals surface area contributed by atoms with Crippen LogP contribution in [0.5, 0.6) is 11.5 Å². The fourth-order valence-corrected chi connectivity index (χ4v) is 6.37. The predicted molar refractivity (Wildman–Crippen MR) is 222 cm³/mol. The van der Waals surface area contributed by atoms with Gasteiger partial charge in [-0.05, 0) is 70.8 Å². The largest absolute Gasteiger partial charge is 0.497 e. The molecule has 0 saturated carbocycles. The van der Waals surface area contributed by atoms with E-state index in [9.17, 15) is 19.2 Å². The van der Waals surface area contributed by atoms with E-state index in [2.05, 4.69) is 0 Å². The van der Waals surface area contributed by atoms with Crippen LogP contribution in [0.15, 0.2) is 97.1 Å². The molecule has 14 nitrogen and oxygen atoms in total. The summed E-state index contributed by atoms with van der Waals surface area (Å²) in [5.74, 6) is 0.763. The van der Waals surface area contributed by atoms with Gasteiger partial charge < -0.3 is 38.5 Å². The lowest BCUT2D eigenvalue weighted by atomic mass is 10.1. The second-order valence-electron chi connectivity index (χ2n) is 14.4. The van der Waals surface area contributed by atoms with E-state index < -0.39 is 12.2 Å². The Morgan fingerprint density at radius 3 is 1.24 bits per heavy atom. The maximum atomic E-state index is 13.4. The number of hydrogen-bond donors (Lipinski definition) is 0. The van der Waals surface area contributed by atoms with Crippen LogP contribution >= 0.6 is 0 Å². The minimum Gasteiger partial charge on any atom is -0.497 e. The van der Waals surface area contributed by atoms with E-state index in [0.29, 0.717) is 24.6 Å². The number of rotatable bonds is 18. The van der Waals surface area contributed by atoms with Gasteiger partial charge in [0.25, 0.3) is 0 Å². The number of amides is 4. The van der Waals surface area contributed by atoms with E-state index in [1.165, 1.54) is 9.80 Å². The Labute approximate surface area is 341 Å². The molecule has 0 aromatic heterocycles. The highest BCUT2D eigenvalue weighted by Crippen LogP contribution is 2.21. The van der Waals surface area contributed by atoms with Crippen LogP contribution in [0.4, 0.5) is 21.0 Å². The first kappa shape index (κ1) is 42.7. The van der Waals surface area contributed by atoms with Gasteiger partial charge in [-0.15, -0.1) is 0 Å². The number of carbonyl (C=O) groups excluding carboxylic acids is 4. The normalized spacial score (nSPS) is 12.5. The number of piperazine rings is 1. The molecule has 0 aliphatic carbocycles. The molecule has 14 heteroatoms. The molecule has 58 heavy (non-hydrogen) atoms. The molecule has 1 aliphatic heterocycles. The number of anilines is 2. The third-order valence-electron chi connectivity index (χ3n) is 9.72. The molecule has 1 saturated heterocycles. The zero-order valence-electron chi connectivity index (χ0n) is 34.3. The number of hydrogen-bond acceptors (Lipinski definition) is 10. The summed E-state index contributed by atoms with van der Waals surface area (Å²) < 4.78 is 22.1. The van der Waals surface area contributed by atoms with Crippen molar-refractivity contribution in [3.63, 3.8) is 0 Å². The molecule has 0 unspecified atom stereocenters. The molecule has 4 amide bonds. The Kier molecular flexibility index (Phi) is 15.2. The maximum absolute atomic E-state index is 13.4. The Bertz CT molecular complexity index is 1850. The van der Waals surface area contributed by atoms with E-state index >= 15 is 0 Å². The number of methoxy groups -OCH3 is 2. The average molecular weight is 795 g/mol. The monoisotopic (exact) mass is 794 g/mol. The first-order chi connectivity index (χ1) is 27.9. The Morgan fingerprint density at radius 2 is 0.897 bits per heavy atom. The van der Waals surface area contributed by atoms with Crippen molar-refractivity contribution in [2.75, 3.05) is 91.6 Å². The number of ether oxygens (including phenoxy) is 4. The Hall–Kier alpha value is -6.44. The molecule has 0 N–H and O–H groups in total. The van der Waals surface area contributed by atoms with Gasteiger partial charge in [0.1, 0.15) is 24.7 Å². The average Bonchev–Trinajstić information content (AvgIpc) is 3.22. The van der Waals surface area contributed by atoms with Gasteiger partial charge in [0, 0.05) is 65.7 Å². The van der Waals surface area contributed by atoms with Gasteiger partial charge in [0.15, 0.2) is 0 Å². The Morgan fingerprint density at radius 1 is 0.534 bits per heavy atom. The second-order valence-corrected chi connectivity index (χ2v) is 14.4. The molecule has 1 heterocycles. The lowest BCUT2D eigenvalue weighted by Crippen LogP contribution is -2.55. The van der Waals surface area contributed by atoms with E-state index in [4.69, 9.17) is 18.9 Å². The quantitative estimate of drug-likeness (QED) is 0.128. The maximum Gasteiger partial charge on any atom is 0.410 e. The number of benzene rings is 4. The lowest BCUT2D eigenvalue weighted by Gasteiger charge is -2.34. The predicted octanol–water partition coefficient (Wildman–Crippen LogP) is 5.48. The van der Waals surface area contributed by atoms with Gasteiger partial charge in [-0.3, -0.25) is 19.4 Å². The van der Waals surface area contributed by atoms with Gasteiger partial charge in [-0.1, -0.05) is 48.5 Å². The molecular weight excluding hydrogens is 741 g/mol. The molecule has 4 aromatic rings. The molecular formula is C44H54N6O8. The van der Waals surface area contributed by atoms with Crippen molar-refractivity contribution in [2.45, 2.75) is 26.2 Å². The molecule has 308 valence electrons. The van der Waals surface area contributed by atoms with E-state index in [0.717, 1.165) is 33.6 Å². The summed E-state index contributed by atoms with van der Waals surface area (Å²) >= 11 is 0. The van der Waals surface area contributed by atoms with Crippen molar-refractivity contribution in [3.05, 3.63) is 119 Å². The standard InChI is InChI=1S/C44H54N6O8/c1-45(2)37-17-13-33(14-18-37)27-49(29-35-9-7-11-39(25-35)55-5)43(53)57-23-21-47-31-42(52)48(32-41(47)51)22-24-58-44(54)50(30-36-10-8-12-40(26-36)56-6)28-34-15-19-38(20-16-34)46(3)4/h7-20,25-26H,21-24,27-32H2,1-6H3. The molecule has 0 bridgehead atoms. The fraction of sp³-hybridized carbons (Fsp3) is 0.364. The van der Waals surface area contributed by atoms with Crippen LogP contribution in [0.2, 0.25) is 0 Å². The molecule has 5 rings (SSSR count). The van der Waals surface area contributed by atoms with Crippen molar-refractivity contribution in [3.8, 4) is 11.5 Å². The van der Waals surface area contributed by atoms with Gasteiger partial charge >= 0.3 is 12.2 Å². The third-order valence-corrected chi connectivity index (χ3v) is 9.72. The van der Waals surface area contributed by atoms with E-state index in [-0.39, 0.29) is 64.3 Å². The molecule has 0 atom stereocenters. The topological polar surface area (TPSA) is 125 Å². The van der Waals surface area contributed by atoms with Crippen LogP contribution in [0.25, 0.3) is 0 Å². The van der Waals surface area contributed by atoms with Crippen molar-refractivity contribution < 1.29 is 38.1 Å². The van der Waals surface area contributed by atoms with Crippen LogP contribution in [0, 0.1) is 0 Å². The van der Waals surface area contributed by atoms with Crippen LogP contribution in [-0.2, 0) is 45.2 Å². The first-order valence-electron chi connectivity index (χ1n) is 19.1. The van der Waals surface area contributed by atoms with Gasteiger partial charge in [0.05, 0.1) is 40.4 Å². The van der Waals surface area contributed by atoms with Gasteiger partial charge in [-0.2, -0.15) is 0 Å². The summed E-state index contributed by atoms with van der Waals surface area (Å²) in [6.07, 6.45) is -1.10. The summed E-state index contributed by atoms with van der Waals surface area (Å²) in [6.45, 7) is 0.706. The van der Waals surface area contributed by atoms with Gasteiger partial charge in [-0.25, -0.2) is 9.59 Å². The molecule has 0 radical (unpaired) electrons. The molecule has 1 fully saturated rings. The van der Waals surface area contributed by atoms with E-state index in [1.807, 2.05) is 135 Å². The molecule has 4 aromatic carbocycles. The smallest absolute Gasteiger partial charge is 0.410 e. The van der Waals surface area contributed by atoms with Crippen LogP contribution in [0.3, 0.4) is 0 Å². The summed E-state index contributed by atoms with van der Waals surface area (Å²) in [5.41, 5.74) is 5.65. The van der Waals surface area contributed by atoms with Crippen LogP contribution in [0.1, 0.15) is 22.3 Å². The lowest BCUT2D eigenvalue weighted by molar-refractivity contribution is -0.150. The molecule has 0 spiro atoms. The van der Waals surface area contributed by atoms with Gasteiger partial charge in [0.2, 0.25) is 11.8 Å². The minimum absolute atomic E-state index is 0.0540. The molecule has 1 aliphatic rings. The number of carbonyl (C=O) groups is 4. The SMILES string of the molecule is COc1cccc(CN(Cc2ccc(N(C)C)cc2)C(=O)OCCN2CC(=O)N(CCOC(=O)N(Cc3ccc(N(C)C)cc3)Cc3cccc(OC)c3)CC2=O)c1. The number of nitrogens with zero attached hydrogens (tertiary/aromatic N) is 6. The summed E-state index contributed by atoms with van der Waals surface area (Å²) in [7, 11) is 11.0. The third kappa shape index (κ3) is 12.3. The zero-order valence-corrected chi connectivity index (χ0v) is 34.3. The summed E-state index contributed by atoms with van der Waals surface area (Å²) in [4.78, 5) is 63.1. The van der Waals surface area contributed by atoms with Crippen LogP contribution < -0.4 is 19.3 Å². The second kappa shape index (κ2) is 20.6. The summed E-state index contributed by atoms with van der Waals surface area (Å²) in [6, 6.07) is 30.8. The van der Waals surface area contributed by atoms with Crippen LogP contribution in [-0.4, -0.2) is 125 Å². The van der Waals surface area contributed by atoms with Crippen molar-refractivity contribution in [2.24, 2.45) is 0 Å². The summed E-state index contributed by atoms with van der Waals surface area (Å²) in [5, 5.41) is 0.